The molecule has 0 radical (unpaired) electrons. The first-order chi connectivity index (χ1) is 21.5. The van der Waals surface area contributed by atoms with Gasteiger partial charge in [-0.3, -0.25) is 0 Å². The molecule has 7 heteroatoms. The summed E-state index contributed by atoms with van der Waals surface area (Å²) < 4.78 is 18.1. The highest BCUT2D eigenvalue weighted by Crippen LogP contribution is 2.54. The summed E-state index contributed by atoms with van der Waals surface area (Å²) in [6.07, 6.45) is 1.81. The highest BCUT2D eigenvalue weighted by atomic mass is 16.6. The first kappa shape index (κ1) is 31.3. The molecule has 1 aliphatic heterocycles. The molecule has 4 aromatic carbocycles. The molecule has 0 spiro atoms. The number of esters is 1. The van der Waals surface area contributed by atoms with Gasteiger partial charge >= 0.3 is 5.97 Å². The molecule has 0 fully saturated rings. The minimum Gasteiger partial charge on any atom is -0.497 e. The lowest BCUT2D eigenvalue weighted by atomic mass is 9.74. The Kier molecular flexibility index (Phi) is 8.64. The first-order valence-corrected chi connectivity index (χ1v) is 14.8. The molecule has 1 aliphatic rings. The van der Waals surface area contributed by atoms with Crippen LogP contribution in [0, 0.1) is 0 Å². The normalized spacial score (nSPS) is 15.1. The second-order valence-corrected chi connectivity index (χ2v) is 11.6. The molecule has 5 rings (SSSR count). The highest BCUT2D eigenvalue weighted by molar-refractivity contribution is 5.99. The van der Waals surface area contributed by atoms with E-state index in [1.165, 1.54) is 0 Å². The van der Waals surface area contributed by atoms with Crippen LogP contribution in [-0.4, -0.2) is 62.5 Å². The van der Waals surface area contributed by atoms with Gasteiger partial charge in [-0.25, -0.2) is 4.79 Å². The fourth-order valence-electron chi connectivity index (χ4n) is 5.92. The molecule has 4 aromatic rings. The minimum absolute atomic E-state index is 0.420. The number of cyclic esters (lactones) is 1. The zero-order valence-electron chi connectivity index (χ0n) is 27.3. The van der Waals surface area contributed by atoms with Crippen molar-refractivity contribution in [2.24, 2.45) is 0 Å². The zero-order chi connectivity index (χ0) is 32.5. The minimum atomic E-state index is -1.38. The summed E-state index contributed by atoms with van der Waals surface area (Å²) in [7, 11) is 15.2. The molecule has 0 aliphatic carbocycles. The molecule has 0 saturated carbocycles. The predicted molar refractivity (Wildman–Crippen MR) is 184 cm³/mol. The van der Waals surface area contributed by atoms with Crippen molar-refractivity contribution in [2.45, 2.75) is 5.60 Å². The number of benzene rings is 4. The largest absolute Gasteiger partial charge is 0.497 e. The van der Waals surface area contributed by atoms with Gasteiger partial charge < -0.3 is 28.9 Å². The van der Waals surface area contributed by atoms with Gasteiger partial charge in [-0.1, -0.05) is 43.0 Å². The second kappa shape index (κ2) is 12.4. The number of methoxy groups -OCH3 is 2. The van der Waals surface area contributed by atoms with Crippen molar-refractivity contribution >= 4 is 28.6 Å². The molecule has 0 amide bonds. The summed E-state index contributed by atoms with van der Waals surface area (Å²) in [5.74, 6) is 0.730. The van der Waals surface area contributed by atoms with Gasteiger partial charge in [0.25, 0.3) is 0 Å². The highest BCUT2D eigenvalue weighted by Gasteiger charge is 2.52. The average Bonchev–Trinajstić information content (AvgIpc) is 3.34. The van der Waals surface area contributed by atoms with Crippen LogP contribution in [0.5, 0.6) is 11.5 Å². The van der Waals surface area contributed by atoms with Crippen molar-refractivity contribution in [3.8, 4) is 11.5 Å². The number of hydrogen-bond acceptors (Lipinski definition) is 7. The number of carbonyl (C=O) groups excluding carboxylic acids is 1. The number of fused-ring (bicyclic) bond motifs is 1. The first-order valence-electron chi connectivity index (χ1n) is 14.8. The molecule has 1 unspecified atom stereocenters. The van der Waals surface area contributed by atoms with Crippen molar-refractivity contribution in [1.29, 1.82) is 0 Å². The second-order valence-electron chi connectivity index (χ2n) is 11.6. The molecule has 45 heavy (non-hydrogen) atoms. The summed E-state index contributed by atoms with van der Waals surface area (Å²) in [6, 6.07) is 28.2. The Labute approximate surface area is 266 Å². The number of nitrogens with zero attached hydrogens (tertiary/aromatic N) is 3. The lowest BCUT2D eigenvalue weighted by Crippen LogP contribution is -2.31. The van der Waals surface area contributed by atoms with Crippen LogP contribution in [0.3, 0.4) is 0 Å². The standard InChI is InChI=1S/C38H41N3O4/c1-10-32(36(25-11-15-27(16-12-25)39(2)3)26-13-17-28(18-14-26)40(4)5)38(34-22-20-30(43-8)24-35(34)44-9)33-21-19-29(41(6)7)23-31(33)37(42)45-38/h10-24H,1H2,2-9H3. The molecule has 7 nitrogen and oxygen atoms in total. The molecule has 0 aromatic heterocycles. The maximum atomic E-state index is 13.9. The Morgan fingerprint density at radius 1 is 0.689 bits per heavy atom. The van der Waals surface area contributed by atoms with Crippen LogP contribution in [0.4, 0.5) is 17.1 Å². The number of hydrogen-bond donors (Lipinski definition) is 0. The van der Waals surface area contributed by atoms with E-state index >= 15 is 0 Å². The fraction of sp³-hybridized carbons (Fsp3) is 0.237. The molecule has 0 bridgehead atoms. The Morgan fingerprint density at radius 3 is 1.67 bits per heavy atom. The van der Waals surface area contributed by atoms with Crippen LogP contribution in [0.15, 0.2) is 103 Å². The van der Waals surface area contributed by atoms with E-state index in [2.05, 4.69) is 64.9 Å². The molecule has 1 atom stereocenters. The third-order valence-corrected chi connectivity index (χ3v) is 8.35. The van der Waals surface area contributed by atoms with Gasteiger partial charge in [-0.15, -0.1) is 0 Å². The van der Waals surface area contributed by atoms with E-state index in [-0.39, 0.29) is 0 Å². The summed E-state index contributed by atoms with van der Waals surface area (Å²) in [4.78, 5) is 20.0. The van der Waals surface area contributed by atoms with Crippen molar-refractivity contribution < 1.29 is 19.0 Å². The van der Waals surface area contributed by atoms with Crippen LogP contribution in [0.25, 0.3) is 5.57 Å². The van der Waals surface area contributed by atoms with Gasteiger partial charge in [0.05, 0.1) is 19.8 Å². The molecule has 1 heterocycles. The van der Waals surface area contributed by atoms with E-state index in [1.807, 2.05) is 83.6 Å². The smallest absolute Gasteiger partial charge is 0.340 e. The molecule has 0 saturated heterocycles. The Bertz CT molecular complexity index is 1700. The quantitative estimate of drug-likeness (QED) is 0.143. The van der Waals surface area contributed by atoms with E-state index < -0.39 is 11.6 Å². The van der Waals surface area contributed by atoms with Gasteiger partial charge in [0.15, 0.2) is 5.60 Å². The van der Waals surface area contributed by atoms with E-state index in [9.17, 15) is 4.79 Å². The number of carbonyl (C=O) groups is 1. The maximum absolute atomic E-state index is 13.9. The van der Waals surface area contributed by atoms with Crippen LogP contribution >= 0.6 is 0 Å². The molecular weight excluding hydrogens is 562 g/mol. The molecule has 232 valence electrons. The lowest BCUT2D eigenvalue weighted by Gasteiger charge is -2.34. The third-order valence-electron chi connectivity index (χ3n) is 8.35. The number of rotatable bonds is 10. The van der Waals surface area contributed by atoms with E-state index in [1.54, 1.807) is 20.3 Å². The van der Waals surface area contributed by atoms with Crippen molar-refractivity contribution in [1.82, 2.24) is 0 Å². The maximum Gasteiger partial charge on any atom is 0.340 e. The molecule has 0 N–H and O–H groups in total. The summed E-state index contributed by atoms with van der Waals surface area (Å²) in [5, 5.41) is 0. The number of ether oxygens (including phenoxy) is 3. The van der Waals surface area contributed by atoms with Crippen molar-refractivity contribution in [2.75, 3.05) is 71.2 Å². The SMILES string of the molecule is C=CC(=C(c1ccc(N(C)C)cc1)c1ccc(N(C)C)cc1)C1(c2ccc(OC)cc2OC)OC(=O)c2cc(N(C)C)ccc21. The van der Waals surface area contributed by atoms with E-state index in [4.69, 9.17) is 14.2 Å². The van der Waals surface area contributed by atoms with E-state index in [0.29, 0.717) is 33.8 Å². The van der Waals surface area contributed by atoms with Gasteiger partial charge in [0.1, 0.15) is 11.5 Å². The lowest BCUT2D eigenvalue weighted by molar-refractivity contribution is 0.0245. The predicted octanol–water partition coefficient (Wildman–Crippen LogP) is 7.00. The summed E-state index contributed by atoms with van der Waals surface area (Å²) in [5.41, 5.74) is 7.02. The summed E-state index contributed by atoms with van der Waals surface area (Å²) in [6.45, 7) is 4.33. The summed E-state index contributed by atoms with van der Waals surface area (Å²) >= 11 is 0. The average molecular weight is 604 g/mol. The fourth-order valence-corrected chi connectivity index (χ4v) is 5.92. The van der Waals surface area contributed by atoms with Crippen LogP contribution in [0.2, 0.25) is 0 Å². The Hall–Kier alpha value is -5.17. The van der Waals surface area contributed by atoms with E-state index in [0.717, 1.165) is 33.8 Å². The zero-order valence-corrected chi connectivity index (χ0v) is 27.3. The van der Waals surface area contributed by atoms with Gasteiger partial charge in [0.2, 0.25) is 0 Å². The van der Waals surface area contributed by atoms with Crippen molar-refractivity contribution in [3.63, 3.8) is 0 Å². The van der Waals surface area contributed by atoms with Crippen LogP contribution in [-0.2, 0) is 10.3 Å². The molecular formula is C38H41N3O4. The van der Waals surface area contributed by atoms with Crippen LogP contribution in [0.1, 0.15) is 32.6 Å². The van der Waals surface area contributed by atoms with Crippen molar-refractivity contribution in [3.05, 3.63) is 131 Å². The number of anilines is 3. The Balaban J connectivity index is 1.93. The van der Waals surface area contributed by atoms with Gasteiger partial charge in [-0.05, 0) is 65.2 Å². The topological polar surface area (TPSA) is 54.5 Å². The van der Waals surface area contributed by atoms with Crippen LogP contribution < -0.4 is 24.2 Å². The van der Waals surface area contributed by atoms with Gasteiger partial charge in [0, 0.05) is 82.1 Å². The monoisotopic (exact) mass is 603 g/mol. The Morgan fingerprint density at radius 2 is 1.20 bits per heavy atom. The third kappa shape index (κ3) is 5.50. The van der Waals surface area contributed by atoms with Gasteiger partial charge in [-0.2, -0.15) is 0 Å².